The molecule has 0 aromatic heterocycles. The van der Waals surface area contributed by atoms with Gasteiger partial charge in [0.2, 0.25) is 0 Å². The van der Waals surface area contributed by atoms with Crippen molar-refractivity contribution in [3.05, 3.63) is 29.0 Å². The zero-order valence-electron chi connectivity index (χ0n) is 20.5. The lowest BCUT2D eigenvalue weighted by Gasteiger charge is -2.16. The Balaban J connectivity index is 0.00000365. The van der Waals surface area contributed by atoms with Crippen LogP contribution in [-0.4, -0.2) is 36.7 Å². The van der Waals surface area contributed by atoms with Gasteiger partial charge < -0.3 is 14.6 Å². The highest BCUT2D eigenvalue weighted by Gasteiger charge is 2.29. The third-order valence-electron chi connectivity index (χ3n) is 5.14. The van der Waals surface area contributed by atoms with Crippen LogP contribution in [0.1, 0.15) is 112 Å². The molecule has 0 saturated carbocycles. The molecule has 0 fully saturated rings. The van der Waals surface area contributed by atoms with E-state index in [1.165, 1.54) is 38.5 Å². The monoisotopic (exact) mass is 748 g/mol. The van der Waals surface area contributed by atoms with E-state index in [0.717, 1.165) is 38.5 Å². The average molecular weight is 752 g/mol. The number of carboxylic acid groups (broad SMARTS) is 1. The molecule has 0 bridgehead atoms. The molecule has 1 aromatic carbocycles. The van der Waals surface area contributed by atoms with E-state index < -0.39 is 11.9 Å². The van der Waals surface area contributed by atoms with Crippen LogP contribution in [-0.2, 0) is 14.3 Å². The summed E-state index contributed by atoms with van der Waals surface area (Å²) in [5.74, 6) is -1.07. The highest BCUT2D eigenvalue weighted by molar-refractivity contribution is 9.15. The Labute approximate surface area is 242 Å². The van der Waals surface area contributed by atoms with E-state index in [2.05, 4.69) is 77.6 Å². The van der Waals surface area contributed by atoms with E-state index in [-0.39, 0.29) is 17.6 Å². The number of esters is 2. The standard InChI is InChI=1S/C24H34Br4O4.CH2O2/c1-3-5-7-9-11-13-15-31-23(29)17-18(20(26)22(28)21(27)19(17)25)24(30)32-16-14-12-10-8-6-4-2;2-1-3/h3-16H2,1-2H3;1H,(H,2,3). The Bertz CT molecular complexity index is 725. The van der Waals surface area contributed by atoms with Crippen molar-refractivity contribution in [2.24, 2.45) is 0 Å². The van der Waals surface area contributed by atoms with Crippen molar-refractivity contribution in [2.45, 2.75) is 90.9 Å². The van der Waals surface area contributed by atoms with Crippen molar-refractivity contribution in [1.29, 1.82) is 0 Å². The topological polar surface area (TPSA) is 89.9 Å². The predicted octanol–water partition coefficient (Wildman–Crippen LogP) is 9.47. The Morgan fingerprint density at radius 1 is 0.629 bits per heavy atom. The first-order chi connectivity index (χ1) is 16.8. The maximum absolute atomic E-state index is 12.9. The van der Waals surface area contributed by atoms with Crippen LogP contribution in [0, 0.1) is 0 Å². The van der Waals surface area contributed by atoms with E-state index in [0.29, 0.717) is 31.1 Å². The molecule has 1 aromatic rings. The molecule has 0 aliphatic carbocycles. The molecule has 0 radical (unpaired) electrons. The molecule has 0 spiro atoms. The van der Waals surface area contributed by atoms with Crippen LogP contribution in [0.4, 0.5) is 0 Å². The molecule has 200 valence electrons. The normalized spacial score (nSPS) is 10.3. The Morgan fingerprint density at radius 3 is 1.23 bits per heavy atom. The van der Waals surface area contributed by atoms with Crippen LogP contribution in [0.3, 0.4) is 0 Å². The minimum Gasteiger partial charge on any atom is -0.483 e. The lowest BCUT2D eigenvalue weighted by atomic mass is 10.1. The van der Waals surface area contributed by atoms with Gasteiger partial charge in [-0.05, 0) is 76.6 Å². The second-order valence-corrected chi connectivity index (χ2v) is 11.1. The van der Waals surface area contributed by atoms with Crippen molar-refractivity contribution in [3.63, 3.8) is 0 Å². The molecule has 0 aliphatic rings. The first-order valence-electron chi connectivity index (χ1n) is 12.1. The van der Waals surface area contributed by atoms with Gasteiger partial charge in [-0.25, -0.2) is 9.59 Å². The van der Waals surface area contributed by atoms with Crippen LogP contribution in [0.25, 0.3) is 0 Å². The fraction of sp³-hybridized carbons (Fsp3) is 0.640. The van der Waals surface area contributed by atoms with Gasteiger partial charge >= 0.3 is 11.9 Å². The molecule has 1 rings (SSSR count). The molecule has 0 aliphatic heterocycles. The van der Waals surface area contributed by atoms with E-state index >= 15 is 0 Å². The number of rotatable bonds is 16. The Hall–Kier alpha value is -0.450. The molecule has 0 atom stereocenters. The molecule has 0 heterocycles. The van der Waals surface area contributed by atoms with Gasteiger partial charge in [0.05, 0.1) is 24.3 Å². The summed E-state index contributed by atoms with van der Waals surface area (Å²) in [6.45, 7) is 4.78. The summed E-state index contributed by atoms with van der Waals surface area (Å²) in [5.41, 5.74) is 0.344. The number of ether oxygens (including phenoxy) is 2. The summed E-state index contributed by atoms with van der Waals surface area (Å²) in [6.07, 6.45) is 13.2. The van der Waals surface area contributed by atoms with Crippen LogP contribution in [0.2, 0.25) is 0 Å². The number of carbonyl (C=O) groups excluding carboxylic acids is 2. The zero-order valence-corrected chi connectivity index (χ0v) is 26.8. The van der Waals surface area contributed by atoms with Gasteiger partial charge in [0.1, 0.15) is 0 Å². The maximum Gasteiger partial charge on any atom is 0.340 e. The van der Waals surface area contributed by atoms with Crippen molar-refractivity contribution in [1.82, 2.24) is 0 Å². The van der Waals surface area contributed by atoms with Gasteiger partial charge in [0, 0.05) is 17.9 Å². The second kappa shape index (κ2) is 21.6. The third-order valence-corrected chi connectivity index (χ3v) is 9.91. The molecule has 0 unspecified atom stereocenters. The lowest BCUT2D eigenvalue weighted by molar-refractivity contribution is -0.122. The number of unbranched alkanes of at least 4 members (excludes halogenated alkanes) is 10. The van der Waals surface area contributed by atoms with Crippen molar-refractivity contribution in [2.75, 3.05) is 13.2 Å². The quantitative estimate of drug-likeness (QED) is 0.0595. The van der Waals surface area contributed by atoms with E-state index in [9.17, 15) is 9.59 Å². The minimum absolute atomic E-state index is 0.172. The summed E-state index contributed by atoms with van der Waals surface area (Å²) in [6, 6.07) is 0. The largest absolute Gasteiger partial charge is 0.483 e. The molecular formula is C25H36Br4O6. The smallest absolute Gasteiger partial charge is 0.340 e. The highest BCUT2D eigenvalue weighted by Crippen LogP contribution is 2.42. The highest BCUT2D eigenvalue weighted by atomic mass is 79.9. The van der Waals surface area contributed by atoms with E-state index in [4.69, 9.17) is 19.4 Å². The van der Waals surface area contributed by atoms with Gasteiger partial charge in [-0.3, -0.25) is 4.79 Å². The van der Waals surface area contributed by atoms with Crippen LogP contribution in [0.5, 0.6) is 0 Å². The Morgan fingerprint density at radius 2 is 0.914 bits per heavy atom. The van der Waals surface area contributed by atoms with E-state index in [1.807, 2.05) is 0 Å². The van der Waals surface area contributed by atoms with Gasteiger partial charge in [-0.2, -0.15) is 0 Å². The summed E-state index contributed by atoms with van der Waals surface area (Å²) >= 11 is 13.8. The van der Waals surface area contributed by atoms with Crippen molar-refractivity contribution >= 4 is 82.1 Å². The summed E-state index contributed by atoms with van der Waals surface area (Å²) in [4.78, 5) is 34.2. The van der Waals surface area contributed by atoms with Crippen molar-refractivity contribution in [3.8, 4) is 0 Å². The first kappa shape index (κ1) is 34.6. The second-order valence-electron chi connectivity index (χ2n) is 7.92. The number of benzene rings is 1. The van der Waals surface area contributed by atoms with Gasteiger partial charge in [0.15, 0.2) is 0 Å². The number of hydrogen-bond acceptors (Lipinski definition) is 5. The molecular weight excluding hydrogens is 716 g/mol. The maximum atomic E-state index is 12.9. The SMILES string of the molecule is CCCCCCCCOC(=O)c1c(Br)c(Br)c(Br)c(Br)c1C(=O)OCCCCCCCC.O=CO. The fourth-order valence-electron chi connectivity index (χ4n) is 3.25. The summed E-state index contributed by atoms with van der Waals surface area (Å²) in [5, 5.41) is 6.89. The minimum atomic E-state index is -0.536. The lowest BCUT2D eigenvalue weighted by Crippen LogP contribution is -2.17. The fourth-order valence-corrected chi connectivity index (χ4v) is 5.70. The van der Waals surface area contributed by atoms with E-state index in [1.54, 1.807) is 0 Å². The first-order valence-corrected chi connectivity index (χ1v) is 15.2. The van der Waals surface area contributed by atoms with Crippen LogP contribution in [0.15, 0.2) is 17.9 Å². The van der Waals surface area contributed by atoms with Gasteiger partial charge in [0.25, 0.3) is 6.47 Å². The number of carbonyl (C=O) groups is 3. The average Bonchev–Trinajstić information content (AvgIpc) is 2.83. The summed E-state index contributed by atoms with van der Waals surface area (Å²) in [7, 11) is 0. The van der Waals surface area contributed by atoms with Crippen LogP contribution >= 0.6 is 63.7 Å². The molecule has 0 saturated heterocycles. The molecule has 35 heavy (non-hydrogen) atoms. The summed E-state index contributed by atoms with van der Waals surface area (Å²) < 4.78 is 13.2. The van der Waals surface area contributed by atoms with Gasteiger partial charge in [-0.15, -0.1) is 0 Å². The number of halogens is 4. The predicted molar refractivity (Wildman–Crippen MR) is 153 cm³/mol. The van der Waals surface area contributed by atoms with Gasteiger partial charge in [-0.1, -0.05) is 78.1 Å². The van der Waals surface area contributed by atoms with Crippen LogP contribution < -0.4 is 0 Å². The number of hydrogen-bond donors (Lipinski definition) is 1. The Kier molecular flexibility index (Phi) is 21.3. The molecule has 0 amide bonds. The third kappa shape index (κ3) is 13.6. The van der Waals surface area contributed by atoms with Crippen molar-refractivity contribution < 1.29 is 29.0 Å². The molecule has 6 nitrogen and oxygen atoms in total. The zero-order chi connectivity index (χ0) is 26.6. The molecule has 10 heteroatoms. The molecule has 1 N–H and O–H groups in total.